The number of ether oxygens (including phenoxy) is 1. The Morgan fingerprint density at radius 1 is 1.31 bits per heavy atom. The zero-order valence-corrected chi connectivity index (χ0v) is 10.9. The summed E-state index contributed by atoms with van der Waals surface area (Å²) in [7, 11) is 1.56. The minimum absolute atomic E-state index is 0. The van der Waals surface area contributed by atoms with E-state index in [9.17, 15) is 4.39 Å². The third kappa shape index (κ3) is 3.35. The van der Waals surface area contributed by atoms with Crippen LogP contribution in [0.2, 0.25) is 0 Å². The fourth-order valence-corrected chi connectivity index (χ4v) is 1.35. The van der Waals surface area contributed by atoms with Crippen LogP contribution in [-0.2, 0) is 0 Å². The van der Waals surface area contributed by atoms with Crippen LogP contribution in [0.25, 0.3) is 0 Å². The van der Waals surface area contributed by atoms with E-state index in [1.807, 2.05) is 20.8 Å². The number of hydrogen-bond donors (Lipinski definition) is 1. The van der Waals surface area contributed by atoms with Gasteiger partial charge in [-0.15, -0.1) is 12.4 Å². The first-order valence-electron chi connectivity index (χ1n) is 4.95. The van der Waals surface area contributed by atoms with Crippen LogP contribution in [0.5, 0.6) is 5.75 Å². The normalized spacial score (nSPS) is 12.9. The number of rotatable bonds is 2. The van der Waals surface area contributed by atoms with Gasteiger partial charge in [-0.05, 0) is 23.6 Å². The zero-order chi connectivity index (χ0) is 11.6. The topological polar surface area (TPSA) is 35.2 Å². The second-order valence-electron chi connectivity index (χ2n) is 4.73. The van der Waals surface area contributed by atoms with E-state index in [2.05, 4.69) is 0 Å². The van der Waals surface area contributed by atoms with Crippen LogP contribution in [0.4, 0.5) is 4.39 Å². The van der Waals surface area contributed by atoms with E-state index in [1.165, 1.54) is 6.07 Å². The minimum atomic E-state index is -0.340. The molecule has 0 aromatic heterocycles. The molecule has 0 radical (unpaired) electrons. The number of hydrogen-bond acceptors (Lipinski definition) is 2. The predicted octanol–water partition coefficient (Wildman–Crippen LogP) is 3.30. The number of benzene rings is 1. The van der Waals surface area contributed by atoms with Crippen molar-refractivity contribution in [2.75, 3.05) is 7.11 Å². The highest BCUT2D eigenvalue weighted by atomic mass is 35.5. The first-order valence-corrected chi connectivity index (χ1v) is 4.95. The SMILES string of the molecule is COc1ccc(F)c([C@@H](N)C(C)(C)C)c1.Cl. The molecule has 2 nitrogen and oxygen atoms in total. The molecule has 1 aromatic rings. The first kappa shape index (κ1) is 15.2. The summed E-state index contributed by atoms with van der Waals surface area (Å²) in [6.07, 6.45) is 0. The molecule has 0 fully saturated rings. The summed E-state index contributed by atoms with van der Waals surface area (Å²) in [5, 5.41) is 0. The Hall–Kier alpha value is -0.800. The Kier molecular flexibility index (Phi) is 5.23. The van der Waals surface area contributed by atoms with Gasteiger partial charge in [-0.1, -0.05) is 20.8 Å². The van der Waals surface area contributed by atoms with E-state index in [-0.39, 0.29) is 29.7 Å². The number of nitrogens with two attached hydrogens (primary N) is 1. The van der Waals surface area contributed by atoms with Crippen LogP contribution in [-0.4, -0.2) is 7.11 Å². The lowest BCUT2D eigenvalue weighted by Crippen LogP contribution is -2.27. The quantitative estimate of drug-likeness (QED) is 0.870. The van der Waals surface area contributed by atoms with Crippen molar-refractivity contribution in [3.8, 4) is 5.75 Å². The van der Waals surface area contributed by atoms with E-state index in [4.69, 9.17) is 10.5 Å². The number of halogens is 2. The molecule has 92 valence electrons. The standard InChI is InChI=1S/C12H18FNO.ClH/c1-12(2,3)11(14)9-7-8(15-4)5-6-10(9)13;/h5-7,11H,14H2,1-4H3;1H/t11-;/m1./s1. The molecule has 0 aliphatic heterocycles. The van der Waals surface area contributed by atoms with Crippen molar-refractivity contribution in [2.24, 2.45) is 11.1 Å². The zero-order valence-electron chi connectivity index (χ0n) is 10.1. The van der Waals surface area contributed by atoms with Crippen LogP contribution in [0.15, 0.2) is 18.2 Å². The van der Waals surface area contributed by atoms with E-state index >= 15 is 0 Å². The highest BCUT2D eigenvalue weighted by Gasteiger charge is 2.25. The summed E-state index contributed by atoms with van der Waals surface area (Å²) in [6.45, 7) is 5.95. The molecular weight excluding hydrogens is 229 g/mol. The highest BCUT2D eigenvalue weighted by Crippen LogP contribution is 2.33. The van der Waals surface area contributed by atoms with Crippen molar-refractivity contribution < 1.29 is 9.13 Å². The summed E-state index contributed by atoms with van der Waals surface area (Å²) in [5.74, 6) is 0.351. The molecule has 1 rings (SSSR count). The third-order valence-electron chi connectivity index (χ3n) is 2.47. The van der Waals surface area contributed by atoms with Crippen molar-refractivity contribution in [2.45, 2.75) is 26.8 Å². The van der Waals surface area contributed by atoms with Gasteiger partial charge in [0, 0.05) is 11.6 Å². The molecule has 0 heterocycles. The van der Waals surface area contributed by atoms with Crippen molar-refractivity contribution in [3.63, 3.8) is 0 Å². The fraction of sp³-hybridized carbons (Fsp3) is 0.500. The Bertz CT molecular complexity index is 349. The van der Waals surface area contributed by atoms with E-state index in [1.54, 1.807) is 19.2 Å². The molecular formula is C12H19ClFNO. The van der Waals surface area contributed by atoms with Crippen molar-refractivity contribution in [1.29, 1.82) is 0 Å². The van der Waals surface area contributed by atoms with Gasteiger partial charge in [-0.3, -0.25) is 0 Å². The van der Waals surface area contributed by atoms with E-state index < -0.39 is 0 Å². The number of methoxy groups -OCH3 is 1. The summed E-state index contributed by atoms with van der Waals surface area (Å²) in [5.41, 5.74) is 6.33. The first-order chi connectivity index (χ1) is 6.86. The molecule has 0 spiro atoms. The average molecular weight is 248 g/mol. The molecule has 0 amide bonds. The van der Waals surface area contributed by atoms with Crippen LogP contribution in [0.1, 0.15) is 32.4 Å². The molecule has 0 aliphatic rings. The van der Waals surface area contributed by atoms with Crippen molar-refractivity contribution in [3.05, 3.63) is 29.6 Å². The van der Waals surface area contributed by atoms with Crippen molar-refractivity contribution >= 4 is 12.4 Å². The van der Waals surface area contributed by atoms with Gasteiger partial charge in [0.25, 0.3) is 0 Å². The van der Waals surface area contributed by atoms with Gasteiger partial charge in [0.2, 0.25) is 0 Å². The van der Waals surface area contributed by atoms with Gasteiger partial charge in [-0.2, -0.15) is 0 Å². The molecule has 16 heavy (non-hydrogen) atoms. The van der Waals surface area contributed by atoms with Gasteiger partial charge in [-0.25, -0.2) is 4.39 Å². The predicted molar refractivity (Wildman–Crippen MR) is 66.6 cm³/mol. The Morgan fingerprint density at radius 3 is 2.31 bits per heavy atom. The summed E-state index contributed by atoms with van der Waals surface area (Å²) < 4.78 is 18.6. The van der Waals surface area contributed by atoms with Crippen molar-refractivity contribution in [1.82, 2.24) is 0 Å². The van der Waals surface area contributed by atoms with Gasteiger partial charge in [0.1, 0.15) is 11.6 Å². The summed E-state index contributed by atoms with van der Waals surface area (Å²) in [4.78, 5) is 0. The molecule has 0 bridgehead atoms. The van der Waals surface area contributed by atoms with Gasteiger partial charge in [0.15, 0.2) is 0 Å². The molecule has 0 saturated heterocycles. The van der Waals surface area contributed by atoms with E-state index in [0.717, 1.165) is 0 Å². The molecule has 1 atom stereocenters. The summed E-state index contributed by atoms with van der Waals surface area (Å²) in [6, 6.07) is 4.30. The monoisotopic (exact) mass is 247 g/mol. The maximum absolute atomic E-state index is 13.6. The molecule has 1 aromatic carbocycles. The molecule has 0 unspecified atom stereocenters. The maximum atomic E-state index is 13.6. The van der Waals surface area contributed by atoms with Crippen LogP contribution < -0.4 is 10.5 Å². The van der Waals surface area contributed by atoms with Gasteiger partial charge in [0.05, 0.1) is 7.11 Å². The fourth-order valence-electron chi connectivity index (χ4n) is 1.35. The highest BCUT2D eigenvalue weighted by molar-refractivity contribution is 5.85. The Balaban J connectivity index is 0.00000225. The third-order valence-corrected chi connectivity index (χ3v) is 2.47. The second kappa shape index (κ2) is 5.51. The Morgan fingerprint density at radius 2 is 1.88 bits per heavy atom. The summed E-state index contributed by atoms with van der Waals surface area (Å²) >= 11 is 0. The van der Waals surface area contributed by atoms with Gasteiger partial charge >= 0.3 is 0 Å². The lowest BCUT2D eigenvalue weighted by atomic mass is 9.83. The largest absolute Gasteiger partial charge is 0.497 e. The van der Waals surface area contributed by atoms with Gasteiger partial charge < -0.3 is 10.5 Å². The Labute approximate surface area is 102 Å². The average Bonchev–Trinajstić information content (AvgIpc) is 2.16. The molecule has 4 heteroatoms. The lowest BCUT2D eigenvalue weighted by Gasteiger charge is -2.27. The second-order valence-corrected chi connectivity index (χ2v) is 4.73. The molecule has 0 aliphatic carbocycles. The van der Waals surface area contributed by atoms with Crippen LogP contribution in [0, 0.1) is 11.2 Å². The minimum Gasteiger partial charge on any atom is -0.497 e. The van der Waals surface area contributed by atoms with E-state index in [0.29, 0.717) is 11.3 Å². The lowest BCUT2D eigenvalue weighted by molar-refractivity contribution is 0.317. The molecule has 0 saturated carbocycles. The maximum Gasteiger partial charge on any atom is 0.128 e. The van der Waals surface area contributed by atoms with Crippen LogP contribution >= 0.6 is 12.4 Å². The van der Waals surface area contributed by atoms with Crippen LogP contribution in [0.3, 0.4) is 0 Å². The molecule has 2 N–H and O–H groups in total. The smallest absolute Gasteiger partial charge is 0.128 e.